The molecule has 236 valence electrons. The molecule has 1 aliphatic rings. The summed E-state index contributed by atoms with van der Waals surface area (Å²) in [5.41, 5.74) is 3.44. The van der Waals surface area contributed by atoms with Gasteiger partial charge in [0.15, 0.2) is 0 Å². The third-order valence-electron chi connectivity index (χ3n) is 8.29. The molecule has 0 heterocycles. The summed E-state index contributed by atoms with van der Waals surface area (Å²) < 4.78 is 30.3. The van der Waals surface area contributed by atoms with Crippen molar-refractivity contribution in [3.8, 4) is 11.1 Å². The van der Waals surface area contributed by atoms with Gasteiger partial charge in [-0.1, -0.05) is 78.4 Å². The number of aliphatic carboxylic acids is 1. The van der Waals surface area contributed by atoms with Crippen LogP contribution in [0.1, 0.15) is 66.4 Å². The fourth-order valence-electron chi connectivity index (χ4n) is 5.75. The minimum atomic E-state index is -3.80. The first kappa shape index (κ1) is 37.4. The average Bonchev–Trinajstić information content (AvgIpc) is 3.01. The molecule has 0 spiro atoms. The van der Waals surface area contributed by atoms with E-state index in [-0.39, 0.29) is 36.7 Å². The Kier molecular flexibility index (Phi) is 14.7. The van der Waals surface area contributed by atoms with E-state index in [0.717, 1.165) is 40.4 Å². The SMILES string of the molecule is CSCC[C@H](NC(=O)c1ccc(CN(CCC2CCCCC2)S(=O)(=O)c2ccc(Br)cc2)cc1-c1ccccc1C)C(=O)[O-].[Li+]. The Morgan fingerprint density at radius 1 is 1.02 bits per heavy atom. The van der Waals surface area contributed by atoms with Gasteiger partial charge in [-0.3, -0.25) is 4.79 Å². The zero-order valence-electron chi connectivity index (χ0n) is 26.3. The van der Waals surface area contributed by atoms with Gasteiger partial charge in [0.2, 0.25) is 10.0 Å². The third kappa shape index (κ3) is 10.2. The summed E-state index contributed by atoms with van der Waals surface area (Å²) in [6.45, 7) is 2.48. The Balaban J connectivity index is 0.00000552. The molecule has 0 unspecified atom stereocenters. The minimum absolute atomic E-state index is 0. The maximum absolute atomic E-state index is 14.0. The van der Waals surface area contributed by atoms with E-state index in [1.54, 1.807) is 40.7 Å². The molecule has 0 radical (unpaired) electrons. The number of nitrogens with one attached hydrogen (secondary N) is 1. The monoisotopic (exact) mass is 706 g/mol. The van der Waals surface area contributed by atoms with Gasteiger partial charge in [0.25, 0.3) is 5.91 Å². The van der Waals surface area contributed by atoms with Crippen LogP contribution in [0.5, 0.6) is 0 Å². The molecule has 0 saturated heterocycles. The molecule has 45 heavy (non-hydrogen) atoms. The molecule has 1 fully saturated rings. The summed E-state index contributed by atoms with van der Waals surface area (Å²) in [7, 11) is -3.80. The number of hydrogen-bond acceptors (Lipinski definition) is 6. The van der Waals surface area contributed by atoms with E-state index in [0.29, 0.717) is 29.3 Å². The van der Waals surface area contributed by atoms with Crippen molar-refractivity contribution in [2.45, 2.75) is 69.4 Å². The van der Waals surface area contributed by atoms with Crippen LogP contribution < -0.4 is 29.3 Å². The molecule has 1 amide bonds. The number of aryl methyl sites for hydroxylation is 1. The second-order valence-corrected chi connectivity index (χ2v) is 15.2. The Labute approximate surface area is 292 Å². The average molecular weight is 708 g/mol. The number of carbonyl (C=O) groups is 2. The third-order valence-corrected chi connectivity index (χ3v) is 11.3. The zero-order chi connectivity index (χ0) is 31.7. The van der Waals surface area contributed by atoms with Crippen molar-refractivity contribution < 1.29 is 42.0 Å². The zero-order valence-corrected chi connectivity index (χ0v) is 29.5. The number of sulfonamides is 1. The number of carbonyl (C=O) groups excluding carboxylic acids is 2. The quantitative estimate of drug-likeness (QED) is 0.258. The molecule has 0 aliphatic heterocycles. The normalized spacial score (nSPS) is 14.5. The van der Waals surface area contributed by atoms with Crippen molar-refractivity contribution in [2.24, 2.45) is 5.92 Å². The van der Waals surface area contributed by atoms with E-state index in [2.05, 4.69) is 21.2 Å². The van der Waals surface area contributed by atoms with Gasteiger partial charge in [0, 0.05) is 23.1 Å². The van der Waals surface area contributed by atoms with Crippen LogP contribution in [-0.4, -0.2) is 49.2 Å². The standard InChI is InChI=1S/C34H41BrN2O5S2.Li/c1-24-8-6-7-11-29(24)31-22-26(12-17-30(31)33(38)36-32(34(39)40)19-21-43-2)23-37(20-18-25-9-4-3-5-10-25)44(41,42)28-15-13-27(35)14-16-28;/h6-8,11-17,22,25,32H,3-5,9-10,18-21,23H2,1-2H3,(H,36,38)(H,39,40);/q;+1/p-1/t32-;/m0./s1. The molecule has 7 nitrogen and oxygen atoms in total. The molecular weight excluding hydrogens is 667 g/mol. The molecule has 11 heteroatoms. The second-order valence-electron chi connectivity index (χ2n) is 11.4. The summed E-state index contributed by atoms with van der Waals surface area (Å²) >= 11 is 4.89. The first-order valence-corrected chi connectivity index (χ1v) is 18.7. The molecular formula is C34H40BrLiN2O5S2. The largest absolute Gasteiger partial charge is 1.00 e. The van der Waals surface area contributed by atoms with Crippen LogP contribution in [0, 0.1) is 12.8 Å². The number of nitrogens with zero attached hydrogens (tertiary/aromatic N) is 1. The van der Waals surface area contributed by atoms with Gasteiger partial charge in [-0.15, -0.1) is 0 Å². The van der Waals surface area contributed by atoms with Crippen LogP contribution in [0.4, 0.5) is 0 Å². The van der Waals surface area contributed by atoms with Gasteiger partial charge in [0.1, 0.15) is 0 Å². The van der Waals surface area contributed by atoms with Gasteiger partial charge in [-0.2, -0.15) is 16.1 Å². The Hall–Kier alpha value is -2.06. The summed E-state index contributed by atoms with van der Waals surface area (Å²) in [5.74, 6) is -0.774. The van der Waals surface area contributed by atoms with Crippen molar-refractivity contribution in [1.82, 2.24) is 9.62 Å². The van der Waals surface area contributed by atoms with Crippen LogP contribution in [-0.2, 0) is 21.4 Å². The van der Waals surface area contributed by atoms with Crippen molar-refractivity contribution in [3.05, 3.63) is 87.9 Å². The second kappa shape index (κ2) is 17.7. The van der Waals surface area contributed by atoms with E-state index < -0.39 is 27.9 Å². The summed E-state index contributed by atoms with van der Waals surface area (Å²) in [6.07, 6.45) is 8.76. The van der Waals surface area contributed by atoms with Crippen LogP contribution in [0.25, 0.3) is 11.1 Å². The molecule has 3 aromatic rings. The first-order chi connectivity index (χ1) is 21.1. The number of halogens is 1. The number of benzene rings is 3. The van der Waals surface area contributed by atoms with E-state index >= 15 is 0 Å². The molecule has 1 N–H and O–H groups in total. The van der Waals surface area contributed by atoms with Crippen molar-refractivity contribution >= 4 is 49.6 Å². The van der Waals surface area contributed by atoms with Gasteiger partial charge in [-0.05, 0) is 96.3 Å². The number of hydrogen-bond donors (Lipinski definition) is 1. The Morgan fingerprint density at radius 3 is 2.36 bits per heavy atom. The van der Waals surface area contributed by atoms with E-state index in [1.807, 2.05) is 43.5 Å². The topological polar surface area (TPSA) is 107 Å². The minimum Gasteiger partial charge on any atom is -0.548 e. The summed E-state index contributed by atoms with van der Waals surface area (Å²) in [4.78, 5) is 25.5. The molecule has 1 atom stereocenters. The Morgan fingerprint density at radius 2 is 1.71 bits per heavy atom. The Bertz CT molecular complexity index is 1550. The molecule has 1 aliphatic carbocycles. The number of amides is 1. The van der Waals surface area contributed by atoms with Crippen molar-refractivity contribution in [1.29, 1.82) is 0 Å². The predicted molar refractivity (Wildman–Crippen MR) is 179 cm³/mol. The smallest absolute Gasteiger partial charge is 0.548 e. The maximum Gasteiger partial charge on any atom is 1.00 e. The maximum atomic E-state index is 14.0. The van der Waals surface area contributed by atoms with Gasteiger partial charge in [-0.25, -0.2) is 8.42 Å². The van der Waals surface area contributed by atoms with Crippen molar-refractivity contribution in [2.75, 3.05) is 18.6 Å². The van der Waals surface area contributed by atoms with Crippen LogP contribution in [0.2, 0.25) is 0 Å². The first-order valence-electron chi connectivity index (χ1n) is 15.1. The van der Waals surface area contributed by atoms with Crippen molar-refractivity contribution in [3.63, 3.8) is 0 Å². The van der Waals surface area contributed by atoms with Gasteiger partial charge in [0.05, 0.1) is 16.9 Å². The van der Waals surface area contributed by atoms with E-state index in [4.69, 9.17) is 0 Å². The van der Waals surface area contributed by atoms with E-state index in [1.165, 1.54) is 31.0 Å². The fraction of sp³-hybridized carbons (Fsp3) is 0.412. The van der Waals surface area contributed by atoms with Crippen LogP contribution >= 0.6 is 27.7 Å². The number of thioether (sulfide) groups is 1. The van der Waals surface area contributed by atoms with Crippen LogP contribution in [0.15, 0.2) is 76.1 Å². The fourth-order valence-corrected chi connectivity index (χ4v) is 7.93. The number of carboxylic acid groups (broad SMARTS) is 1. The molecule has 3 aromatic carbocycles. The van der Waals surface area contributed by atoms with Crippen LogP contribution in [0.3, 0.4) is 0 Å². The molecule has 4 rings (SSSR count). The number of carboxylic acids is 1. The molecule has 0 bridgehead atoms. The van der Waals surface area contributed by atoms with E-state index in [9.17, 15) is 23.1 Å². The summed E-state index contributed by atoms with van der Waals surface area (Å²) in [6, 6.07) is 18.5. The predicted octanol–water partition coefficient (Wildman–Crippen LogP) is 3.19. The number of rotatable bonds is 14. The molecule has 1 saturated carbocycles. The van der Waals surface area contributed by atoms with Gasteiger partial charge >= 0.3 is 18.9 Å². The summed E-state index contributed by atoms with van der Waals surface area (Å²) in [5, 5.41) is 14.4. The van der Waals surface area contributed by atoms with Gasteiger partial charge < -0.3 is 15.2 Å². The molecule has 0 aromatic heterocycles.